The van der Waals surface area contributed by atoms with Crippen molar-refractivity contribution in [3.63, 3.8) is 0 Å². The normalized spacial score (nSPS) is 10.2. The van der Waals surface area contributed by atoms with Crippen molar-refractivity contribution in [2.24, 2.45) is 0 Å². The Hall–Kier alpha value is -1.45. The van der Waals surface area contributed by atoms with E-state index in [1.54, 1.807) is 0 Å². The molecular formula is C30H53NO2. The van der Waals surface area contributed by atoms with Gasteiger partial charge in [-0.15, -0.1) is 0 Å². The molecule has 190 valence electrons. The number of aliphatic hydroxyl groups excluding tert-OH is 1. The lowest BCUT2D eigenvalue weighted by molar-refractivity contribution is -0.121. The van der Waals surface area contributed by atoms with Crippen LogP contribution in [0.4, 0.5) is 0 Å². The van der Waals surface area contributed by atoms with Gasteiger partial charge in [-0.3, -0.25) is 4.79 Å². The lowest BCUT2D eigenvalue weighted by atomic mass is 10.1. The second kappa shape index (κ2) is 28.6. The molecule has 0 heterocycles. The molecule has 0 saturated carbocycles. The Bertz CT molecular complexity index is 535. The number of nitrogens with one attached hydrogen (secondary N) is 1. The van der Waals surface area contributed by atoms with E-state index in [2.05, 4.69) is 35.9 Å². The summed E-state index contributed by atoms with van der Waals surface area (Å²) < 4.78 is 0. The number of aliphatic hydroxyl groups is 1. The first kappa shape index (κ1) is 31.6. The number of hydrogen-bond acceptors (Lipinski definition) is 2. The van der Waals surface area contributed by atoms with Crippen LogP contribution >= 0.6 is 0 Å². The monoisotopic (exact) mass is 459 g/mol. The molecular weight excluding hydrogens is 406 g/mol. The van der Waals surface area contributed by atoms with E-state index < -0.39 is 0 Å². The van der Waals surface area contributed by atoms with Crippen LogP contribution in [0.2, 0.25) is 0 Å². The molecule has 0 spiro atoms. The first-order chi connectivity index (χ1) is 16.3. The van der Waals surface area contributed by atoms with Gasteiger partial charge in [0.05, 0.1) is 0 Å². The standard InChI is InChI=1S/C30H53NO2/c1-2-3-4-5-6-7-8-9-10-11-12-13-14-15-16-17-18-19-20-21-22-23-24-27-30(33)31-28-25-26-29-32/h32H,2-13,18-29H2,1H3,(H,31,33). The van der Waals surface area contributed by atoms with Crippen molar-refractivity contribution in [3.05, 3.63) is 0 Å². The quantitative estimate of drug-likeness (QED) is 0.121. The molecule has 0 aliphatic heterocycles. The largest absolute Gasteiger partial charge is 0.396 e. The second-order valence-corrected chi connectivity index (χ2v) is 9.29. The highest BCUT2D eigenvalue weighted by molar-refractivity contribution is 5.75. The van der Waals surface area contributed by atoms with Gasteiger partial charge in [-0.1, -0.05) is 109 Å². The summed E-state index contributed by atoms with van der Waals surface area (Å²) >= 11 is 0. The minimum absolute atomic E-state index is 0.146. The lowest BCUT2D eigenvalue weighted by Crippen LogP contribution is -2.24. The Balaban J connectivity index is 3.29. The van der Waals surface area contributed by atoms with Crippen LogP contribution in [0.5, 0.6) is 0 Å². The number of unbranched alkanes of at least 4 members (excludes halogenated alkanes) is 18. The van der Waals surface area contributed by atoms with E-state index in [0.29, 0.717) is 13.0 Å². The van der Waals surface area contributed by atoms with E-state index in [1.807, 2.05) is 0 Å². The van der Waals surface area contributed by atoms with Crippen molar-refractivity contribution in [2.75, 3.05) is 13.2 Å². The highest BCUT2D eigenvalue weighted by Gasteiger charge is 2.00. The molecule has 0 rings (SSSR count). The molecule has 0 atom stereocenters. The SMILES string of the molecule is CCCCCCCCCCCCCC#CC#CCCCCCCCCC(=O)NCCCCO. The number of carbonyl (C=O) groups excluding carboxylic acids is 1. The summed E-state index contributed by atoms with van der Waals surface area (Å²) in [6.45, 7) is 3.16. The van der Waals surface area contributed by atoms with Crippen LogP contribution in [-0.2, 0) is 4.79 Å². The Labute approximate surface area is 206 Å². The van der Waals surface area contributed by atoms with E-state index >= 15 is 0 Å². The molecule has 0 bridgehead atoms. The first-order valence-electron chi connectivity index (χ1n) is 14.1. The van der Waals surface area contributed by atoms with Crippen LogP contribution < -0.4 is 5.32 Å². The van der Waals surface area contributed by atoms with Crippen LogP contribution in [0, 0.1) is 23.7 Å². The molecule has 3 heteroatoms. The van der Waals surface area contributed by atoms with Gasteiger partial charge in [-0.05, 0) is 43.9 Å². The molecule has 33 heavy (non-hydrogen) atoms. The average Bonchev–Trinajstić information content (AvgIpc) is 2.82. The number of rotatable bonds is 23. The van der Waals surface area contributed by atoms with Gasteiger partial charge in [0.2, 0.25) is 5.91 Å². The molecule has 0 aliphatic carbocycles. The number of amides is 1. The summed E-state index contributed by atoms with van der Waals surface area (Å²) in [7, 11) is 0. The number of carbonyl (C=O) groups is 1. The lowest BCUT2D eigenvalue weighted by Gasteiger charge is -2.04. The number of hydrogen-bond donors (Lipinski definition) is 2. The predicted octanol–water partition coefficient (Wildman–Crippen LogP) is 7.70. The van der Waals surface area contributed by atoms with Gasteiger partial charge in [0.15, 0.2) is 0 Å². The van der Waals surface area contributed by atoms with Crippen LogP contribution in [0.15, 0.2) is 0 Å². The molecule has 1 amide bonds. The van der Waals surface area contributed by atoms with Gasteiger partial charge >= 0.3 is 0 Å². The van der Waals surface area contributed by atoms with E-state index in [-0.39, 0.29) is 12.5 Å². The molecule has 2 N–H and O–H groups in total. The van der Waals surface area contributed by atoms with Gasteiger partial charge in [0.25, 0.3) is 0 Å². The van der Waals surface area contributed by atoms with Gasteiger partial charge in [-0.25, -0.2) is 0 Å². The van der Waals surface area contributed by atoms with E-state index in [0.717, 1.165) is 44.9 Å². The van der Waals surface area contributed by atoms with Gasteiger partial charge in [-0.2, -0.15) is 0 Å². The van der Waals surface area contributed by atoms with Gasteiger partial charge < -0.3 is 10.4 Å². The van der Waals surface area contributed by atoms with Crippen molar-refractivity contribution in [3.8, 4) is 23.7 Å². The Morgan fingerprint density at radius 2 is 1.06 bits per heavy atom. The van der Waals surface area contributed by atoms with Crippen molar-refractivity contribution in [2.45, 2.75) is 148 Å². The minimum Gasteiger partial charge on any atom is -0.396 e. The Morgan fingerprint density at radius 3 is 1.55 bits per heavy atom. The summed E-state index contributed by atoms with van der Waals surface area (Å²) in [5.74, 6) is 12.5. The van der Waals surface area contributed by atoms with Crippen molar-refractivity contribution >= 4 is 5.91 Å². The zero-order chi connectivity index (χ0) is 24.1. The minimum atomic E-state index is 0.146. The molecule has 0 aromatic heterocycles. The van der Waals surface area contributed by atoms with Crippen LogP contribution in [0.25, 0.3) is 0 Å². The maximum atomic E-state index is 11.6. The maximum absolute atomic E-state index is 11.6. The van der Waals surface area contributed by atoms with Crippen molar-refractivity contribution in [1.82, 2.24) is 5.32 Å². The highest BCUT2D eigenvalue weighted by Crippen LogP contribution is 2.12. The summed E-state index contributed by atoms with van der Waals surface area (Å²) in [5.41, 5.74) is 0. The van der Waals surface area contributed by atoms with Crippen molar-refractivity contribution < 1.29 is 9.90 Å². The molecule has 0 unspecified atom stereocenters. The van der Waals surface area contributed by atoms with Crippen LogP contribution in [0.3, 0.4) is 0 Å². The predicted molar refractivity (Wildman–Crippen MR) is 143 cm³/mol. The molecule has 0 aromatic carbocycles. The third-order valence-electron chi connectivity index (χ3n) is 6.01. The molecule has 0 radical (unpaired) electrons. The molecule has 3 nitrogen and oxygen atoms in total. The zero-order valence-electron chi connectivity index (χ0n) is 21.8. The summed E-state index contributed by atoms with van der Waals surface area (Å²) in [6, 6.07) is 0. The fourth-order valence-electron chi connectivity index (χ4n) is 3.85. The molecule has 0 aromatic rings. The average molecular weight is 460 g/mol. The summed E-state index contributed by atoms with van der Waals surface area (Å²) in [4.78, 5) is 11.6. The van der Waals surface area contributed by atoms with Gasteiger partial charge in [0.1, 0.15) is 0 Å². The zero-order valence-corrected chi connectivity index (χ0v) is 21.8. The molecule has 0 fully saturated rings. The second-order valence-electron chi connectivity index (χ2n) is 9.29. The Kier molecular flexibility index (Phi) is 27.3. The first-order valence-corrected chi connectivity index (χ1v) is 14.1. The fourth-order valence-corrected chi connectivity index (χ4v) is 3.85. The third-order valence-corrected chi connectivity index (χ3v) is 6.01. The van der Waals surface area contributed by atoms with E-state index in [4.69, 9.17) is 5.11 Å². The molecule has 0 saturated heterocycles. The third kappa shape index (κ3) is 28.5. The maximum Gasteiger partial charge on any atom is 0.219 e. The highest BCUT2D eigenvalue weighted by atomic mass is 16.2. The van der Waals surface area contributed by atoms with Gasteiger partial charge in [0, 0.05) is 32.4 Å². The van der Waals surface area contributed by atoms with Crippen LogP contribution in [-0.4, -0.2) is 24.2 Å². The van der Waals surface area contributed by atoms with E-state index in [9.17, 15) is 4.79 Å². The summed E-state index contributed by atoms with van der Waals surface area (Å²) in [5, 5.41) is 11.6. The summed E-state index contributed by atoms with van der Waals surface area (Å²) in [6.07, 6.45) is 26.2. The molecule has 0 aliphatic rings. The van der Waals surface area contributed by atoms with Crippen LogP contribution in [0.1, 0.15) is 148 Å². The smallest absolute Gasteiger partial charge is 0.219 e. The fraction of sp³-hybridized carbons (Fsp3) is 0.833. The topological polar surface area (TPSA) is 49.3 Å². The van der Waals surface area contributed by atoms with E-state index in [1.165, 1.54) is 89.9 Å². The van der Waals surface area contributed by atoms with Crippen molar-refractivity contribution in [1.29, 1.82) is 0 Å². The Morgan fingerprint density at radius 1 is 0.606 bits per heavy atom.